The lowest BCUT2D eigenvalue weighted by Crippen LogP contribution is -2.38. The summed E-state index contributed by atoms with van der Waals surface area (Å²) in [4.78, 5) is 25.7. The van der Waals surface area contributed by atoms with Crippen molar-refractivity contribution in [2.24, 2.45) is 0 Å². The Morgan fingerprint density at radius 3 is 2.48 bits per heavy atom. The van der Waals surface area contributed by atoms with Crippen molar-refractivity contribution in [3.63, 3.8) is 0 Å². The van der Waals surface area contributed by atoms with Gasteiger partial charge in [0.05, 0.1) is 0 Å². The third-order valence-corrected chi connectivity index (χ3v) is 3.59. The molecule has 1 N–H and O–H groups in total. The Morgan fingerprint density at radius 2 is 1.76 bits per heavy atom. The number of nitrogens with zero attached hydrogens (tertiary/aromatic N) is 1. The molecule has 1 aliphatic heterocycles. The zero-order chi connectivity index (χ0) is 14.8. The summed E-state index contributed by atoms with van der Waals surface area (Å²) < 4.78 is 0. The fourth-order valence-corrected chi connectivity index (χ4v) is 2.66. The van der Waals surface area contributed by atoms with E-state index in [4.69, 9.17) is 0 Å². The number of benzene rings is 2. The zero-order valence-corrected chi connectivity index (χ0v) is 11.7. The Morgan fingerprint density at radius 1 is 1.10 bits per heavy atom. The van der Waals surface area contributed by atoms with Gasteiger partial charge in [-0.05, 0) is 11.6 Å². The average molecular weight is 280 g/mol. The first kappa shape index (κ1) is 13.4. The van der Waals surface area contributed by atoms with Crippen LogP contribution in [0.15, 0.2) is 54.6 Å². The Bertz CT molecular complexity index is 682. The van der Waals surface area contributed by atoms with Gasteiger partial charge in [0.25, 0.3) is 5.91 Å². The Kier molecular flexibility index (Phi) is 3.44. The van der Waals surface area contributed by atoms with E-state index in [1.165, 1.54) is 6.92 Å². The number of fused-ring (bicyclic) bond motifs is 1. The van der Waals surface area contributed by atoms with Crippen molar-refractivity contribution in [3.8, 4) is 0 Å². The van der Waals surface area contributed by atoms with Gasteiger partial charge in [-0.3, -0.25) is 9.59 Å². The van der Waals surface area contributed by atoms with Crippen LogP contribution in [0.4, 0.5) is 0 Å². The summed E-state index contributed by atoms with van der Waals surface area (Å²) in [6.07, 6.45) is -0.397. The molecule has 4 nitrogen and oxygen atoms in total. The number of nitrogens with one attached hydrogen (secondary N) is 1. The lowest BCUT2D eigenvalue weighted by atomic mass is 10.1. The highest BCUT2D eigenvalue weighted by molar-refractivity contribution is 5.99. The molecule has 106 valence electrons. The number of amides is 2. The quantitative estimate of drug-likeness (QED) is 0.939. The highest BCUT2D eigenvalue weighted by Crippen LogP contribution is 2.32. The number of carbonyl (C=O) groups excluding carboxylic acids is 2. The molecule has 2 aromatic rings. The van der Waals surface area contributed by atoms with Gasteiger partial charge in [0.15, 0.2) is 0 Å². The van der Waals surface area contributed by atoms with Crippen molar-refractivity contribution >= 4 is 11.8 Å². The number of carbonyl (C=O) groups is 2. The molecule has 4 heteroatoms. The van der Waals surface area contributed by atoms with E-state index in [1.807, 2.05) is 48.5 Å². The van der Waals surface area contributed by atoms with Crippen LogP contribution in [0.5, 0.6) is 0 Å². The molecule has 21 heavy (non-hydrogen) atoms. The minimum atomic E-state index is -0.397. The van der Waals surface area contributed by atoms with Gasteiger partial charge in [-0.15, -0.1) is 0 Å². The van der Waals surface area contributed by atoms with Crippen molar-refractivity contribution < 1.29 is 9.59 Å². The van der Waals surface area contributed by atoms with E-state index in [9.17, 15) is 9.59 Å². The summed E-state index contributed by atoms with van der Waals surface area (Å²) in [6.45, 7) is 1.94. The lowest BCUT2D eigenvalue weighted by molar-refractivity contribution is -0.120. The summed E-state index contributed by atoms with van der Waals surface area (Å²) in [7, 11) is 0. The molecule has 2 amide bonds. The molecule has 0 fully saturated rings. The van der Waals surface area contributed by atoms with Crippen LogP contribution in [0.3, 0.4) is 0 Å². The molecule has 1 atom stereocenters. The van der Waals surface area contributed by atoms with E-state index in [-0.39, 0.29) is 11.8 Å². The van der Waals surface area contributed by atoms with Crippen LogP contribution in [0.1, 0.15) is 34.6 Å². The van der Waals surface area contributed by atoms with E-state index in [0.29, 0.717) is 12.1 Å². The fourth-order valence-electron chi connectivity index (χ4n) is 2.66. The van der Waals surface area contributed by atoms with E-state index in [0.717, 1.165) is 11.1 Å². The first-order valence-electron chi connectivity index (χ1n) is 6.88. The topological polar surface area (TPSA) is 49.4 Å². The van der Waals surface area contributed by atoms with Gasteiger partial charge in [-0.25, -0.2) is 0 Å². The van der Waals surface area contributed by atoms with Crippen LogP contribution < -0.4 is 5.32 Å². The maximum Gasteiger partial charge on any atom is 0.256 e. The van der Waals surface area contributed by atoms with Crippen LogP contribution in [0.25, 0.3) is 0 Å². The monoisotopic (exact) mass is 280 g/mol. The van der Waals surface area contributed by atoms with Gasteiger partial charge in [0.1, 0.15) is 6.17 Å². The molecule has 0 bridgehead atoms. The lowest BCUT2D eigenvalue weighted by Gasteiger charge is -2.25. The van der Waals surface area contributed by atoms with Crippen molar-refractivity contribution in [1.82, 2.24) is 10.2 Å². The van der Waals surface area contributed by atoms with Gasteiger partial charge in [0, 0.05) is 24.6 Å². The number of rotatable bonds is 3. The van der Waals surface area contributed by atoms with E-state index >= 15 is 0 Å². The summed E-state index contributed by atoms with van der Waals surface area (Å²) in [5, 5.41) is 2.86. The molecule has 1 aliphatic rings. The maximum absolute atomic E-state index is 12.6. The molecule has 2 aromatic carbocycles. The molecule has 0 aliphatic carbocycles. The molecule has 0 unspecified atom stereocenters. The molecule has 0 aromatic heterocycles. The predicted octanol–water partition coefficient (Wildman–Crippen LogP) is 2.48. The average Bonchev–Trinajstić information content (AvgIpc) is 2.74. The maximum atomic E-state index is 12.6. The Labute approximate surface area is 123 Å². The van der Waals surface area contributed by atoms with Crippen molar-refractivity contribution in [1.29, 1.82) is 0 Å². The molecule has 3 rings (SSSR count). The molecule has 0 saturated carbocycles. The summed E-state index contributed by atoms with van der Waals surface area (Å²) in [6, 6.07) is 17.2. The normalized spacial score (nSPS) is 16.7. The SMILES string of the molecule is CC(=O)N[C@H]1c2ccccc2C(=O)N1Cc1ccccc1. The minimum Gasteiger partial charge on any atom is -0.332 e. The molecular weight excluding hydrogens is 264 g/mol. The van der Waals surface area contributed by atoms with Gasteiger partial charge in [-0.1, -0.05) is 48.5 Å². The Hall–Kier alpha value is -2.62. The van der Waals surface area contributed by atoms with Gasteiger partial charge in [-0.2, -0.15) is 0 Å². The van der Waals surface area contributed by atoms with E-state index in [2.05, 4.69) is 5.32 Å². The second-order valence-corrected chi connectivity index (χ2v) is 5.11. The van der Waals surface area contributed by atoms with Gasteiger partial charge < -0.3 is 10.2 Å². The van der Waals surface area contributed by atoms with E-state index in [1.54, 1.807) is 11.0 Å². The van der Waals surface area contributed by atoms with Crippen LogP contribution in [0, 0.1) is 0 Å². The highest BCUT2D eigenvalue weighted by Gasteiger charge is 2.36. The zero-order valence-electron chi connectivity index (χ0n) is 11.7. The standard InChI is InChI=1S/C17H16N2O2/c1-12(20)18-16-14-9-5-6-10-15(14)17(21)19(16)11-13-7-3-2-4-8-13/h2-10,16H,11H2,1H3,(H,18,20)/t16-/m1/s1. The second-order valence-electron chi connectivity index (χ2n) is 5.11. The summed E-state index contributed by atoms with van der Waals surface area (Å²) >= 11 is 0. The first-order chi connectivity index (χ1) is 10.2. The minimum absolute atomic E-state index is 0.0480. The highest BCUT2D eigenvalue weighted by atomic mass is 16.2. The number of hydrogen-bond acceptors (Lipinski definition) is 2. The largest absolute Gasteiger partial charge is 0.332 e. The Balaban J connectivity index is 1.95. The van der Waals surface area contributed by atoms with Crippen molar-refractivity contribution in [3.05, 3.63) is 71.3 Å². The molecule has 0 radical (unpaired) electrons. The van der Waals surface area contributed by atoms with Gasteiger partial charge >= 0.3 is 0 Å². The van der Waals surface area contributed by atoms with Crippen LogP contribution in [-0.2, 0) is 11.3 Å². The fraction of sp³-hybridized carbons (Fsp3) is 0.176. The predicted molar refractivity (Wildman–Crippen MR) is 79.3 cm³/mol. The molecule has 1 heterocycles. The second kappa shape index (κ2) is 5.40. The van der Waals surface area contributed by atoms with Crippen LogP contribution in [0.2, 0.25) is 0 Å². The first-order valence-corrected chi connectivity index (χ1v) is 6.88. The van der Waals surface area contributed by atoms with Gasteiger partial charge in [0.2, 0.25) is 5.91 Å². The van der Waals surface area contributed by atoms with Crippen molar-refractivity contribution in [2.75, 3.05) is 0 Å². The molecular formula is C17H16N2O2. The van der Waals surface area contributed by atoms with E-state index < -0.39 is 6.17 Å². The molecule has 0 spiro atoms. The third kappa shape index (κ3) is 2.52. The van der Waals surface area contributed by atoms with Crippen molar-refractivity contribution in [2.45, 2.75) is 19.6 Å². The number of hydrogen-bond donors (Lipinski definition) is 1. The van der Waals surface area contributed by atoms with Crippen LogP contribution in [-0.4, -0.2) is 16.7 Å². The smallest absolute Gasteiger partial charge is 0.256 e. The molecule has 0 saturated heterocycles. The summed E-state index contributed by atoms with van der Waals surface area (Å²) in [5.74, 6) is -0.198. The third-order valence-electron chi connectivity index (χ3n) is 3.59. The summed E-state index contributed by atoms with van der Waals surface area (Å²) in [5.41, 5.74) is 2.55. The van der Waals surface area contributed by atoms with Crippen LogP contribution >= 0.6 is 0 Å².